The maximum Gasteiger partial charge on any atom is 0.236 e. The molecule has 0 atom stereocenters. The minimum Gasteiger partial charge on any atom is -0.489 e. The van der Waals surface area contributed by atoms with Crippen molar-refractivity contribution in [2.24, 2.45) is 4.99 Å². The van der Waals surface area contributed by atoms with E-state index in [1.165, 1.54) is 0 Å². The lowest BCUT2D eigenvalue weighted by Crippen LogP contribution is -2.28. The Labute approximate surface area is 164 Å². The number of ether oxygens (including phenoxy) is 1. The summed E-state index contributed by atoms with van der Waals surface area (Å²) in [5.74, 6) is 1.48. The van der Waals surface area contributed by atoms with E-state index in [0.29, 0.717) is 18.5 Å². The number of pyridine rings is 1. The normalized spacial score (nSPS) is 11.8. The highest BCUT2D eigenvalue weighted by atomic mass is 16.5. The van der Waals surface area contributed by atoms with Crippen molar-refractivity contribution in [1.82, 2.24) is 9.72 Å². The first-order valence-electron chi connectivity index (χ1n) is 9.32. The molecule has 0 amide bonds. The van der Waals surface area contributed by atoms with E-state index in [2.05, 4.69) is 10.1 Å². The van der Waals surface area contributed by atoms with E-state index in [4.69, 9.17) is 9.26 Å². The van der Waals surface area contributed by atoms with Gasteiger partial charge in [0.25, 0.3) is 0 Å². The molecule has 1 aromatic carbocycles. The Morgan fingerprint density at radius 3 is 2.57 bits per heavy atom. The molecule has 0 aliphatic heterocycles. The Balaban J connectivity index is 1.67. The molecule has 2 heterocycles. The first-order valence-corrected chi connectivity index (χ1v) is 9.32. The third-order valence-electron chi connectivity index (χ3n) is 4.34. The van der Waals surface area contributed by atoms with Gasteiger partial charge >= 0.3 is 0 Å². The predicted molar refractivity (Wildman–Crippen MR) is 106 cm³/mol. The van der Waals surface area contributed by atoms with Gasteiger partial charge < -0.3 is 9.26 Å². The number of hydrogen-bond donors (Lipinski definition) is 0. The zero-order valence-electron chi connectivity index (χ0n) is 16.7. The lowest BCUT2D eigenvalue weighted by Gasteiger charge is -2.09. The molecule has 0 fully saturated rings. The number of nitrogens with zero attached hydrogens (tertiary/aromatic N) is 3. The molecule has 0 bridgehead atoms. The van der Waals surface area contributed by atoms with Gasteiger partial charge in [0.15, 0.2) is 0 Å². The van der Waals surface area contributed by atoms with E-state index >= 15 is 0 Å². The van der Waals surface area contributed by atoms with Crippen molar-refractivity contribution in [3.8, 4) is 5.75 Å². The molecule has 0 radical (unpaired) electrons. The monoisotopic (exact) mass is 379 g/mol. The fraction of sp³-hybridized carbons (Fsp3) is 0.318. The van der Waals surface area contributed by atoms with Crippen LogP contribution in [0.2, 0.25) is 0 Å². The minimum atomic E-state index is -0.0237. The first kappa shape index (κ1) is 19.6. The van der Waals surface area contributed by atoms with E-state index < -0.39 is 0 Å². The summed E-state index contributed by atoms with van der Waals surface area (Å²) in [6, 6.07) is 13.2. The maximum absolute atomic E-state index is 12.7. The second-order valence-corrected chi connectivity index (χ2v) is 6.96. The molecule has 3 aromatic rings. The second-order valence-electron chi connectivity index (χ2n) is 6.96. The molecular formula is C22H25N3O3. The fourth-order valence-electron chi connectivity index (χ4n) is 2.84. The third kappa shape index (κ3) is 4.76. The van der Waals surface area contributed by atoms with E-state index in [9.17, 15) is 4.79 Å². The molecule has 3 rings (SSSR count). The van der Waals surface area contributed by atoms with Crippen LogP contribution in [0.15, 0.2) is 58.2 Å². The summed E-state index contributed by atoms with van der Waals surface area (Å²) < 4.78 is 12.6. The summed E-state index contributed by atoms with van der Waals surface area (Å²) in [6.07, 6.45) is 2.05. The molecule has 0 aliphatic rings. The summed E-state index contributed by atoms with van der Waals surface area (Å²) in [6.45, 7) is 8.14. The lowest BCUT2D eigenvalue weighted by atomic mass is 10.1. The zero-order chi connectivity index (χ0) is 20.1. The molecule has 6 nitrogen and oxygen atoms in total. The average Bonchev–Trinajstić information content (AvgIpc) is 2.99. The molecular weight excluding hydrogens is 354 g/mol. The van der Waals surface area contributed by atoms with Gasteiger partial charge in [-0.3, -0.25) is 14.4 Å². The number of rotatable bonds is 6. The van der Waals surface area contributed by atoms with Crippen LogP contribution in [0.1, 0.15) is 41.2 Å². The van der Waals surface area contributed by atoms with Crippen LogP contribution in [0, 0.1) is 13.8 Å². The largest absolute Gasteiger partial charge is 0.489 e. The van der Waals surface area contributed by atoms with Gasteiger partial charge in [0, 0.05) is 12.2 Å². The van der Waals surface area contributed by atoms with Crippen LogP contribution >= 0.6 is 0 Å². The summed E-state index contributed by atoms with van der Waals surface area (Å²) >= 11 is 0. The quantitative estimate of drug-likeness (QED) is 0.652. The molecule has 28 heavy (non-hydrogen) atoms. The van der Waals surface area contributed by atoms with Gasteiger partial charge in [0.05, 0.1) is 17.7 Å². The highest BCUT2D eigenvalue weighted by Crippen LogP contribution is 2.18. The highest BCUT2D eigenvalue weighted by Gasteiger charge is 2.10. The summed E-state index contributed by atoms with van der Waals surface area (Å²) in [7, 11) is 0. The van der Waals surface area contributed by atoms with E-state index in [1.807, 2.05) is 70.2 Å². The van der Waals surface area contributed by atoms with Crippen molar-refractivity contribution < 1.29 is 14.1 Å². The molecule has 0 spiro atoms. The van der Waals surface area contributed by atoms with Gasteiger partial charge in [-0.25, -0.2) is 0 Å². The number of benzene rings is 1. The highest BCUT2D eigenvalue weighted by molar-refractivity contribution is 5.81. The van der Waals surface area contributed by atoms with Crippen molar-refractivity contribution in [3.05, 3.63) is 76.7 Å². The van der Waals surface area contributed by atoms with Crippen LogP contribution in [0.4, 0.5) is 0 Å². The number of carbonyl (C=O) groups is 1. The summed E-state index contributed by atoms with van der Waals surface area (Å²) in [5.41, 5.74) is 3.38. The van der Waals surface area contributed by atoms with Gasteiger partial charge in [-0.2, -0.15) is 0 Å². The second kappa shape index (κ2) is 8.69. The van der Waals surface area contributed by atoms with Crippen LogP contribution < -0.4 is 10.2 Å². The number of aromatic nitrogens is 2. The van der Waals surface area contributed by atoms with Gasteiger partial charge in [0.1, 0.15) is 23.6 Å². The van der Waals surface area contributed by atoms with Crippen molar-refractivity contribution in [3.63, 3.8) is 0 Å². The van der Waals surface area contributed by atoms with Crippen molar-refractivity contribution in [1.29, 1.82) is 0 Å². The van der Waals surface area contributed by atoms with Crippen molar-refractivity contribution >= 4 is 5.91 Å². The van der Waals surface area contributed by atoms with Crippen molar-refractivity contribution in [2.45, 2.75) is 46.8 Å². The van der Waals surface area contributed by atoms with E-state index in [1.54, 1.807) is 10.8 Å². The molecule has 6 heteroatoms. The molecule has 146 valence electrons. The third-order valence-corrected chi connectivity index (χ3v) is 4.34. The van der Waals surface area contributed by atoms with Gasteiger partial charge in [-0.15, -0.1) is 0 Å². The molecule has 0 N–H and O–H groups in total. The van der Waals surface area contributed by atoms with E-state index in [0.717, 1.165) is 28.3 Å². The Bertz CT molecular complexity index is 995. The van der Waals surface area contributed by atoms with Crippen LogP contribution in [0.25, 0.3) is 0 Å². The Hall–Kier alpha value is -3.15. The average molecular weight is 379 g/mol. The molecule has 0 saturated heterocycles. The SMILES string of the molecule is Cc1noc(C)c1COc1ccc(CC(=O)n2ccccc2=NC(C)C)cc1. The zero-order valence-corrected chi connectivity index (χ0v) is 16.7. The summed E-state index contributed by atoms with van der Waals surface area (Å²) in [5, 5.41) is 3.93. The summed E-state index contributed by atoms with van der Waals surface area (Å²) in [4.78, 5) is 17.2. The van der Waals surface area contributed by atoms with Gasteiger partial charge in [-0.1, -0.05) is 23.4 Å². The van der Waals surface area contributed by atoms with Crippen molar-refractivity contribution in [2.75, 3.05) is 0 Å². The smallest absolute Gasteiger partial charge is 0.236 e. The Morgan fingerprint density at radius 2 is 1.93 bits per heavy atom. The minimum absolute atomic E-state index is 0.0237. The van der Waals surface area contributed by atoms with Crippen LogP contribution in [0.5, 0.6) is 5.75 Å². The topological polar surface area (TPSA) is 69.6 Å². The van der Waals surface area contributed by atoms with Crippen LogP contribution in [-0.4, -0.2) is 21.7 Å². The maximum atomic E-state index is 12.7. The van der Waals surface area contributed by atoms with Gasteiger partial charge in [0.2, 0.25) is 5.91 Å². The predicted octanol–water partition coefficient (Wildman–Crippen LogP) is 3.86. The molecule has 0 aliphatic carbocycles. The molecule has 2 aromatic heterocycles. The van der Waals surface area contributed by atoms with Crippen LogP contribution in [0.3, 0.4) is 0 Å². The number of hydrogen-bond acceptors (Lipinski definition) is 5. The number of aryl methyl sites for hydroxylation is 2. The lowest BCUT2D eigenvalue weighted by molar-refractivity contribution is 0.0908. The van der Waals surface area contributed by atoms with Crippen LogP contribution in [-0.2, 0) is 13.0 Å². The number of carbonyl (C=O) groups excluding carboxylic acids is 1. The standard InChI is InChI=1S/C22H25N3O3/c1-15(2)23-21-7-5-6-12-25(21)22(26)13-18-8-10-19(11-9-18)27-14-20-16(3)24-28-17(20)4/h5-12,15H,13-14H2,1-4H3. The molecule has 0 saturated carbocycles. The Morgan fingerprint density at radius 1 is 1.18 bits per heavy atom. The first-order chi connectivity index (χ1) is 13.4. The van der Waals surface area contributed by atoms with E-state index in [-0.39, 0.29) is 11.9 Å². The van der Waals surface area contributed by atoms with Gasteiger partial charge in [-0.05, 0) is 57.5 Å². The Kier molecular flexibility index (Phi) is 6.09. The fourth-order valence-corrected chi connectivity index (χ4v) is 2.84. The molecule has 0 unspecified atom stereocenters.